The lowest BCUT2D eigenvalue weighted by Gasteiger charge is -2.19. The number of aromatic nitrogens is 2. The molecule has 0 amide bonds. The molecule has 5 rings (SSSR count). The lowest BCUT2D eigenvalue weighted by Crippen LogP contribution is -2.28. The first-order valence-corrected chi connectivity index (χ1v) is 11.0. The Bertz CT molecular complexity index is 1220. The molecular weight excluding hydrogens is 432 g/mol. The number of halogens is 4. The zero-order valence-corrected chi connectivity index (χ0v) is 18.2. The molecule has 3 nitrogen and oxygen atoms in total. The summed E-state index contributed by atoms with van der Waals surface area (Å²) >= 11 is 0. The summed E-state index contributed by atoms with van der Waals surface area (Å²) in [6, 6.07) is 15.2. The summed E-state index contributed by atoms with van der Waals surface area (Å²) in [6.45, 7) is 2.28. The molecule has 3 aromatic rings. The number of alkyl halides is 3. The Morgan fingerprint density at radius 2 is 1.73 bits per heavy atom. The van der Waals surface area contributed by atoms with Crippen molar-refractivity contribution in [1.29, 1.82) is 0 Å². The van der Waals surface area contributed by atoms with Crippen LogP contribution < -0.4 is 0 Å². The molecule has 172 valence electrons. The molecule has 1 aromatic heterocycles. The normalized spacial score (nSPS) is 18.9. The van der Waals surface area contributed by atoms with E-state index in [4.69, 9.17) is 0 Å². The highest BCUT2D eigenvalue weighted by molar-refractivity contribution is 5.75. The van der Waals surface area contributed by atoms with Gasteiger partial charge < -0.3 is 5.11 Å². The van der Waals surface area contributed by atoms with Crippen molar-refractivity contribution < 1.29 is 22.7 Å². The third-order valence-corrected chi connectivity index (χ3v) is 6.80. The molecule has 33 heavy (non-hydrogen) atoms. The predicted octanol–water partition coefficient (Wildman–Crippen LogP) is 6.28. The topological polar surface area (TPSA) is 38.0 Å². The molecule has 0 spiro atoms. The standard InChI is InChI=1S/C26H24F4N2O/c1-17-13-23(31-32(17)16-19-3-2-4-21(14-19)25(33)11-12-25)22(27)15-18-5-7-20(8-6-18)24(9-10-24)26(28,29)30/h2-8,13-15,33H,9-12,16H2,1H3/b22-15-. The number of aliphatic hydroxyl groups is 1. The number of hydrogen-bond donors (Lipinski definition) is 1. The third kappa shape index (κ3) is 4.10. The van der Waals surface area contributed by atoms with Crippen molar-refractivity contribution in [3.05, 3.63) is 88.2 Å². The zero-order chi connectivity index (χ0) is 23.4. The van der Waals surface area contributed by atoms with Gasteiger partial charge in [-0.3, -0.25) is 4.68 Å². The maximum atomic E-state index is 14.9. The quantitative estimate of drug-likeness (QED) is 0.443. The Labute approximate surface area is 189 Å². The Balaban J connectivity index is 1.33. The van der Waals surface area contributed by atoms with Crippen LogP contribution in [0.3, 0.4) is 0 Å². The second-order valence-electron chi connectivity index (χ2n) is 9.25. The van der Waals surface area contributed by atoms with E-state index in [1.165, 1.54) is 30.3 Å². The summed E-state index contributed by atoms with van der Waals surface area (Å²) in [7, 11) is 0. The summed E-state index contributed by atoms with van der Waals surface area (Å²) in [6.07, 6.45) is -1.27. The van der Waals surface area contributed by atoms with E-state index >= 15 is 0 Å². The number of rotatable bonds is 6. The van der Waals surface area contributed by atoms with E-state index in [9.17, 15) is 22.7 Å². The van der Waals surface area contributed by atoms with Crippen molar-refractivity contribution in [2.45, 2.75) is 56.3 Å². The molecule has 0 unspecified atom stereocenters. The summed E-state index contributed by atoms with van der Waals surface area (Å²) in [5.41, 5.74) is 1.04. The van der Waals surface area contributed by atoms with E-state index in [2.05, 4.69) is 5.10 Å². The Morgan fingerprint density at radius 1 is 1.03 bits per heavy atom. The highest BCUT2D eigenvalue weighted by Crippen LogP contribution is 2.58. The highest BCUT2D eigenvalue weighted by atomic mass is 19.4. The minimum absolute atomic E-state index is 0.0962. The van der Waals surface area contributed by atoms with Gasteiger partial charge in [0, 0.05) is 5.69 Å². The zero-order valence-electron chi connectivity index (χ0n) is 18.2. The van der Waals surface area contributed by atoms with Crippen molar-refractivity contribution in [1.82, 2.24) is 9.78 Å². The first kappa shape index (κ1) is 21.9. The minimum atomic E-state index is -4.27. The molecule has 1 heterocycles. The van der Waals surface area contributed by atoms with Crippen LogP contribution in [-0.2, 0) is 17.6 Å². The molecule has 0 atom stereocenters. The van der Waals surface area contributed by atoms with Gasteiger partial charge in [0.1, 0.15) is 5.69 Å². The van der Waals surface area contributed by atoms with Crippen LogP contribution >= 0.6 is 0 Å². The molecule has 2 saturated carbocycles. The van der Waals surface area contributed by atoms with Crippen molar-refractivity contribution in [2.24, 2.45) is 0 Å². The fourth-order valence-electron chi connectivity index (χ4n) is 4.31. The van der Waals surface area contributed by atoms with Crippen LogP contribution in [0.1, 0.15) is 59.3 Å². The number of nitrogens with zero attached hydrogens (tertiary/aromatic N) is 2. The van der Waals surface area contributed by atoms with Crippen LogP contribution in [0.25, 0.3) is 11.9 Å². The van der Waals surface area contributed by atoms with Crippen molar-refractivity contribution in [2.75, 3.05) is 0 Å². The third-order valence-electron chi connectivity index (χ3n) is 6.80. The van der Waals surface area contributed by atoms with Crippen molar-refractivity contribution >= 4 is 11.9 Å². The first-order valence-electron chi connectivity index (χ1n) is 11.0. The Kier molecular flexibility index (Phi) is 5.01. The molecule has 2 aromatic carbocycles. The van der Waals surface area contributed by atoms with Crippen molar-refractivity contribution in [3.63, 3.8) is 0 Å². The number of benzene rings is 2. The Morgan fingerprint density at radius 3 is 2.33 bits per heavy atom. The summed E-state index contributed by atoms with van der Waals surface area (Å²) in [5, 5.41) is 14.7. The van der Waals surface area contributed by atoms with Gasteiger partial charge in [0.15, 0.2) is 5.83 Å². The van der Waals surface area contributed by atoms with Crippen LogP contribution in [0.15, 0.2) is 54.6 Å². The fraction of sp³-hybridized carbons (Fsp3) is 0.346. The van der Waals surface area contributed by atoms with Gasteiger partial charge in [-0.2, -0.15) is 18.3 Å². The van der Waals surface area contributed by atoms with Crippen LogP contribution in [0.4, 0.5) is 17.6 Å². The van der Waals surface area contributed by atoms with Crippen LogP contribution in [0, 0.1) is 6.92 Å². The molecule has 0 radical (unpaired) electrons. The van der Waals surface area contributed by atoms with Gasteiger partial charge >= 0.3 is 6.18 Å². The monoisotopic (exact) mass is 456 g/mol. The second-order valence-corrected chi connectivity index (χ2v) is 9.25. The van der Waals surface area contributed by atoms with Crippen LogP contribution in [-0.4, -0.2) is 21.1 Å². The van der Waals surface area contributed by atoms with E-state index in [1.54, 1.807) is 10.7 Å². The van der Waals surface area contributed by atoms with Crippen LogP contribution in [0.2, 0.25) is 0 Å². The summed E-state index contributed by atoms with van der Waals surface area (Å²) < 4.78 is 56.5. The average molecular weight is 456 g/mol. The largest absolute Gasteiger partial charge is 0.398 e. The minimum Gasteiger partial charge on any atom is -0.385 e. The molecule has 0 saturated heterocycles. The van der Waals surface area contributed by atoms with Gasteiger partial charge in [-0.05, 0) is 67.0 Å². The van der Waals surface area contributed by atoms with Crippen LogP contribution in [0.5, 0.6) is 0 Å². The van der Waals surface area contributed by atoms with Gasteiger partial charge in [0.2, 0.25) is 0 Å². The van der Waals surface area contributed by atoms with Crippen molar-refractivity contribution in [3.8, 4) is 0 Å². The van der Waals surface area contributed by atoms with E-state index in [-0.39, 0.29) is 24.1 Å². The second kappa shape index (κ2) is 7.55. The molecule has 0 bridgehead atoms. The first-order chi connectivity index (χ1) is 15.6. The van der Waals surface area contributed by atoms with Gasteiger partial charge in [-0.15, -0.1) is 0 Å². The fourth-order valence-corrected chi connectivity index (χ4v) is 4.31. The maximum Gasteiger partial charge on any atom is 0.398 e. The molecule has 2 fully saturated rings. The van der Waals surface area contributed by atoms with Gasteiger partial charge in [0.05, 0.1) is 17.6 Å². The summed E-state index contributed by atoms with van der Waals surface area (Å²) in [5.74, 6) is -0.553. The predicted molar refractivity (Wildman–Crippen MR) is 118 cm³/mol. The molecule has 1 N–H and O–H groups in total. The smallest absolute Gasteiger partial charge is 0.385 e. The molecule has 2 aliphatic rings. The number of hydrogen-bond acceptors (Lipinski definition) is 2. The Hall–Kier alpha value is -2.93. The highest BCUT2D eigenvalue weighted by Gasteiger charge is 2.64. The van der Waals surface area contributed by atoms with E-state index < -0.39 is 23.0 Å². The van der Waals surface area contributed by atoms with E-state index in [1.807, 2.05) is 31.2 Å². The molecule has 7 heteroatoms. The molecule has 0 aliphatic heterocycles. The lowest BCUT2D eigenvalue weighted by molar-refractivity contribution is -0.160. The lowest BCUT2D eigenvalue weighted by atomic mass is 9.94. The van der Waals surface area contributed by atoms with Gasteiger partial charge in [-0.1, -0.05) is 48.5 Å². The van der Waals surface area contributed by atoms with E-state index in [0.717, 1.165) is 29.7 Å². The maximum absolute atomic E-state index is 14.9. The molecule has 2 aliphatic carbocycles. The average Bonchev–Trinajstić information content (AvgIpc) is 3.69. The summed E-state index contributed by atoms with van der Waals surface area (Å²) in [4.78, 5) is 0. The van der Waals surface area contributed by atoms with E-state index in [0.29, 0.717) is 12.1 Å². The van der Waals surface area contributed by atoms with Gasteiger partial charge in [0.25, 0.3) is 0 Å². The number of aryl methyl sites for hydroxylation is 1. The molecular formula is C26H24F4N2O. The SMILES string of the molecule is Cc1cc(/C(F)=C/c2ccc(C3(C(F)(F)F)CC3)cc2)nn1Cc1cccc(C2(O)CC2)c1. The van der Waals surface area contributed by atoms with Gasteiger partial charge in [-0.25, -0.2) is 4.39 Å².